The van der Waals surface area contributed by atoms with Crippen LogP contribution in [0.1, 0.15) is 23.7 Å². The van der Waals surface area contributed by atoms with E-state index in [1.54, 1.807) is 9.80 Å². The molecule has 1 aromatic heterocycles. The number of rotatable bonds is 2. The van der Waals surface area contributed by atoms with Gasteiger partial charge in [0.2, 0.25) is 0 Å². The molecule has 0 saturated carbocycles. The van der Waals surface area contributed by atoms with Crippen molar-refractivity contribution in [3.8, 4) is 6.07 Å². The quantitative estimate of drug-likeness (QED) is 0.757. The van der Waals surface area contributed by atoms with Gasteiger partial charge >= 0.3 is 6.03 Å². The van der Waals surface area contributed by atoms with Crippen LogP contribution in [-0.2, 0) is 0 Å². The zero-order valence-corrected chi connectivity index (χ0v) is 15.8. The van der Waals surface area contributed by atoms with Gasteiger partial charge in [0, 0.05) is 50.9 Å². The van der Waals surface area contributed by atoms with Gasteiger partial charge < -0.3 is 9.80 Å². The van der Waals surface area contributed by atoms with E-state index in [0.717, 1.165) is 12.3 Å². The molecule has 4 rings (SSSR count). The summed E-state index contributed by atoms with van der Waals surface area (Å²) in [7, 11) is 0. The molecule has 1 atom stereocenters. The van der Waals surface area contributed by atoms with E-state index < -0.39 is 23.5 Å². The molecule has 2 aromatic rings. The molecule has 0 aliphatic carbocycles. The zero-order chi connectivity index (χ0) is 21.3. The molecule has 2 amide bonds. The van der Waals surface area contributed by atoms with Gasteiger partial charge in [0.15, 0.2) is 5.82 Å². The van der Waals surface area contributed by atoms with E-state index >= 15 is 0 Å². The molecule has 154 valence electrons. The molecule has 2 aliphatic heterocycles. The fraction of sp³-hybridized carbons (Fsp3) is 0.300. The Labute approximate surface area is 170 Å². The summed E-state index contributed by atoms with van der Waals surface area (Å²) in [6.45, 7) is 1.32. The number of hydrogen-bond donors (Lipinski definition) is 0. The van der Waals surface area contributed by atoms with Crippen molar-refractivity contribution in [3.05, 3.63) is 59.2 Å². The number of amides is 2. The van der Waals surface area contributed by atoms with E-state index in [0.29, 0.717) is 38.2 Å². The minimum atomic E-state index is -0.714. The highest BCUT2D eigenvalue weighted by atomic mass is 19.1. The van der Waals surface area contributed by atoms with Crippen LogP contribution in [0.3, 0.4) is 0 Å². The van der Waals surface area contributed by atoms with E-state index in [-0.39, 0.29) is 17.4 Å². The second-order valence-electron chi connectivity index (χ2n) is 6.99. The third-order valence-corrected chi connectivity index (χ3v) is 5.14. The van der Waals surface area contributed by atoms with Gasteiger partial charge in [-0.05, 0) is 17.7 Å². The minimum absolute atomic E-state index is 0.112. The third-order valence-electron chi connectivity index (χ3n) is 5.14. The number of carbonyl (C=O) groups excluding carboxylic acids is 1. The molecular weight excluding hydrogens is 397 g/mol. The highest BCUT2D eigenvalue weighted by Crippen LogP contribution is 2.31. The molecule has 30 heavy (non-hydrogen) atoms. The van der Waals surface area contributed by atoms with Crippen LogP contribution in [0.2, 0.25) is 0 Å². The number of nitriles is 1. The number of urea groups is 1. The average Bonchev–Trinajstić information content (AvgIpc) is 3.23. The summed E-state index contributed by atoms with van der Waals surface area (Å²) < 4.78 is 41.3. The first kappa shape index (κ1) is 19.7. The Balaban J connectivity index is 1.45. The largest absolute Gasteiger partial charge is 0.365 e. The van der Waals surface area contributed by atoms with E-state index in [2.05, 4.69) is 10.1 Å². The Morgan fingerprint density at radius 3 is 2.43 bits per heavy atom. The minimum Gasteiger partial charge on any atom is -0.365 e. The predicted molar refractivity (Wildman–Crippen MR) is 102 cm³/mol. The topological polar surface area (TPSA) is 75.8 Å². The first-order chi connectivity index (χ1) is 14.5. The van der Waals surface area contributed by atoms with Crippen LogP contribution in [0, 0.1) is 28.8 Å². The summed E-state index contributed by atoms with van der Waals surface area (Å²) in [5.41, 5.74) is 0.710. The molecule has 1 fully saturated rings. The average molecular weight is 414 g/mol. The zero-order valence-electron chi connectivity index (χ0n) is 15.8. The summed E-state index contributed by atoms with van der Waals surface area (Å²) in [5.74, 6) is -1.96. The highest BCUT2D eigenvalue weighted by Gasteiger charge is 2.33. The Kier molecular flexibility index (Phi) is 5.27. The van der Waals surface area contributed by atoms with Crippen molar-refractivity contribution < 1.29 is 18.0 Å². The van der Waals surface area contributed by atoms with Gasteiger partial charge in [0.25, 0.3) is 0 Å². The smallest absolute Gasteiger partial charge is 0.341 e. The Morgan fingerprint density at radius 1 is 1.07 bits per heavy atom. The fourth-order valence-corrected chi connectivity index (χ4v) is 3.66. The van der Waals surface area contributed by atoms with Gasteiger partial charge in [-0.1, -0.05) is 0 Å². The summed E-state index contributed by atoms with van der Waals surface area (Å²) in [4.78, 5) is 20.0. The van der Waals surface area contributed by atoms with Crippen LogP contribution < -0.4 is 4.90 Å². The van der Waals surface area contributed by atoms with Crippen molar-refractivity contribution in [1.82, 2.24) is 14.9 Å². The summed E-state index contributed by atoms with van der Waals surface area (Å²) in [6.07, 6.45) is 2.90. The number of hydrogen-bond acceptors (Lipinski definition) is 5. The standard InChI is InChI=1S/C20H17F3N6O/c21-14-7-13(8-15(22)9-14)18-1-2-26-29(18)20(30)28-5-3-27(4-6-28)19-10-16(11-24)25-12-17(19)23/h2,7-10,12,18H,1,3-6H2/t18-/m0/s1. The lowest BCUT2D eigenvalue weighted by Crippen LogP contribution is -2.52. The van der Waals surface area contributed by atoms with Gasteiger partial charge in [-0.25, -0.2) is 28.0 Å². The van der Waals surface area contributed by atoms with Crippen molar-refractivity contribution in [2.24, 2.45) is 5.10 Å². The number of nitrogens with zero attached hydrogens (tertiary/aromatic N) is 6. The van der Waals surface area contributed by atoms with Crippen LogP contribution in [-0.4, -0.2) is 53.3 Å². The van der Waals surface area contributed by atoms with Crippen LogP contribution >= 0.6 is 0 Å². The van der Waals surface area contributed by atoms with Crippen molar-refractivity contribution in [2.45, 2.75) is 12.5 Å². The maximum Gasteiger partial charge on any atom is 0.341 e. The Hall–Kier alpha value is -3.61. The Bertz CT molecular complexity index is 1030. The lowest BCUT2D eigenvalue weighted by molar-refractivity contribution is 0.139. The summed E-state index contributed by atoms with van der Waals surface area (Å²) in [6, 6.07) is 5.46. The lowest BCUT2D eigenvalue weighted by Gasteiger charge is -2.38. The van der Waals surface area contributed by atoms with Gasteiger partial charge in [0.05, 0.1) is 17.9 Å². The summed E-state index contributed by atoms with van der Waals surface area (Å²) in [5, 5.41) is 14.3. The normalized spacial score (nSPS) is 18.6. The number of halogens is 3. The molecule has 0 unspecified atom stereocenters. The predicted octanol–water partition coefficient (Wildman–Crippen LogP) is 3.05. The van der Waals surface area contributed by atoms with Crippen molar-refractivity contribution in [2.75, 3.05) is 31.1 Å². The first-order valence-corrected chi connectivity index (χ1v) is 9.33. The maximum absolute atomic E-state index is 14.1. The van der Waals surface area contributed by atoms with E-state index in [1.807, 2.05) is 6.07 Å². The fourth-order valence-electron chi connectivity index (χ4n) is 3.66. The molecule has 1 saturated heterocycles. The van der Waals surface area contributed by atoms with Gasteiger partial charge in [-0.3, -0.25) is 0 Å². The SMILES string of the molecule is N#Cc1cc(N2CCN(C(=O)N3N=CC[C@H]3c3cc(F)cc(F)c3)CC2)c(F)cn1. The van der Waals surface area contributed by atoms with E-state index in [1.165, 1.54) is 29.4 Å². The molecule has 0 N–H and O–H groups in total. The monoisotopic (exact) mass is 414 g/mol. The molecule has 0 radical (unpaired) electrons. The van der Waals surface area contributed by atoms with Crippen molar-refractivity contribution >= 4 is 17.9 Å². The second kappa shape index (κ2) is 8.02. The number of aromatic nitrogens is 1. The molecule has 0 bridgehead atoms. The van der Waals surface area contributed by atoms with Crippen LogP contribution in [0.25, 0.3) is 0 Å². The molecular formula is C20H17F3N6O. The second-order valence-corrected chi connectivity index (χ2v) is 6.99. The molecule has 7 nitrogen and oxygen atoms in total. The molecule has 3 heterocycles. The van der Waals surface area contributed by atoms with Crippen LogP contribution in [0.4, 0.5) is 23.7 Å². The molecule has 0 spiro atoms. The maximum atomic E-state index is 14.1. The number of hydrazone groups is 1. The van der Waals surface area contributed by atoms with Crippen LogP contribution in [0.15, 0.2) is 35.6 Å². The highest BCUT2D eigenvalue weighted by molar-refractivity contribution is 5.78. The molecule has 1 aromatic carbocycles. The Morgan fingerprint density at radius 2 is 1.77 bits per heavy atom. The van der Waals surface area contributed by atoms with E-state index in [4.69, 9.17) is 5.26 Å². The summed E-state index contributed by atoms with van der Waals surface area (Å²) >= 11 is 0. The van der Waals surface area contributed by atoms with Crippen molar-refractivity contribution in [1.29, 1.82) is 5.26 Å². The van der Waals surface area contributed by atoms with Crippen molar-refractivity contribution in [3.63, 3.8) is 0 Å². The third kappa shape index (κ3) is 3.78. The number of pyridine rings is 1. The number of piperazine rings is 1. The number of carbonyl (C=O) groups is 1. The molecule has 10 heteroatoms. The molecule has 2 aliphatic rings. The lowest BCUT2D eigenvalue weighted by atomic mass is 10.0. The number of anilines is 1. The first-order valence-electron chi connectivity index (χ1n) is 9.33. The van der Waals surface area contributed by atoms with Gasteiger partial charge in [-0.15, -0.1) is 0 Å². The van der Waals surface area contributed by atoms with Gasteiger partial charge in [0.1, 0.15) is 23.4 Å². The van der Waals surface area contributed by atoms with E-state index in [9.17, 15) is 18.0 Å². The van der Waals surface area contributed by atoms with Crippen LogP contribution in [0.5, 0.6) is 0 Å². The number of benzene rings is 1. The van der Waals surface area contributed by atoms with Gasteiger partial charge in [-0.2, -0.15) is 10.4 Å².